The molecule has 0 spiro atoms. The van der Waals surface area contributed by atoms with Crippen LogP contribution in [0.4, 0.5) is 0 Å². The third-order valence-electron chi connectivity index (χ3n) is 6.88. The zero-order valence-electron chi connectivity index (χ0n) is 21.8. The molecule has 0 saturated carbocycles. The van der Waals surface area contributed by atoms with Gasteiger partial charge >= 0.3 is 0 Å². The topological polar surface area (TPSA) is 99.4 Å². The van der Waals surface area contributed by atoms with Gasteiger partial charge in [0.2, 0.25) is 0 Å². The quantitative estimate of drug-likeness (QED) is 0.183. The zero-order chi connectivity index (χ0) is 24.8. The Labute approximate surface area is 202 Å². The highest BCUT2D eigenvalue weighted by atomic mass is 16.7. The monoisotopic (exact) mass is 472 g/mol. The molecule has 1 fully saturated rings. The molecule has 6 heteroatoms. The van der Waals surface area contributed by atoms with Crippen molar-refractivity contribution < 1.29 is 29.9 Å². The molecule has 33 heavy (non-hydrogen) atoms. The maximum atomic E-state index is 9.99. The molecule has 0 aliphatic carbocycles. The molecule has 1 rings (SSSR count). The van der Waals surface area contributed by atoms with Gasteiger partial charge in [0.15, 0.2) is 6.29 Å². The van der Waals surface area contributed by atoms with E-state index in [0.29, 0.717) is 13.0 Å². The molecule has 6 nitrogen and oxygen atoms in total. The lowest BCUT2D eigenvalue weighted by Crippen LogP contribution is -2.59. The molecule has 0 amide bonds. The van der Waals surface area contributed by atoms with Crippen molar-refractivity contribution in [2.24, 2.45) is 17.8 Å². The Kier molecular flexibility index (Phi) is 15.7. The first kappa shape index (κ1) is 30.5. The van der Waals surface area contributed by atoms with Crippen LogP contribution in [-0.2, 0) is 9.47 Å². The summed E-state index contributed by atoms with van der Waals surface area (Å²) in [5, 5.41) is 38.8. The molecule has 0 aromatic carbocycles. The van der Waals surface area contributed by atoms with E-state index in [9.17, 15) is 20.4 Å². The van der Waals surface area contributed by atoms with Crippen LogP contribution < -0.4 is 0 Å². The van der Waals surface area contributed by atoms with Gasteiger partial charge in [-0.15, -0.1) is 0 Å². The van der Waals surface area contributed by atoms with E-state index in [1.165, 1.54) is 56.9 Å². The van der Waals surface area contributed by atoms with Gasteiger partial charge in [0.05, 0.1) is 13.2 Å². The minimum atomic E-state index is -1.40. The molecule has 0 aromatic heterocycles. The van der Waals surface area contributed by atoms with Gasteiger partial charge in [0.25, 0.3) is 0 Å². The van der Waals surface area contributed by atoms with Crippen molar-refractivity contribution in [3.05, 3.63) is 11.6 Å². The van der Waals surface area contributed by atoms with Gasteiger partial charge in [-0.1, -0.05) is 84.3 Å². The van der Waals surface area contributed by atoms with Crippen LogP contribution in [0.15, 0.2) is 11.6 Å². The summed E-state index contributed by atoms with van der Waals surface area (Å²) in [6, 6.07) is 0. The molecule has 4 N–H and O–H groups in total. The van der Waals surface area contributed by atoms with E-state index in [1.54, 1.807) is 0 Å². The second kappa shape index (κ2) is 17.0. The maximum Gasteiger partial charge on any atom is 0.186 e. The second-order valence-electron chi connectivity index (χ2n) is 10.8. The molecule has 1 saturated heterocycles. The van der Waals surface area contributed by atoms with Crippen molar-refractivity contribution in [1.29, 1.82) is 0 Å². The number of rotatable bonds is 17. The smallest absolute Gasteiger partial charge is 0.186 e. The summed E-state index contributed by atoms with van der Waals surface area (Å²) in [5.74, 6) is 2.45. The van der Waals surface area contributed by atoms with Gasteiger partial charge in [-0.05, 0) is 43.9 Å². The van der Waals surface area contributed by atoms with E-state index in [0.717, 1.165) is 24.2 Å². The minimum absolute atomic E-state index is 0.339. The lowest BCUT2D eigenvalue weighted by molar-refractivity contribution is -0.300. The van der Waals surface area contributed by atoms with E-state index in [-0.39, 0.29) is 0 Å². The summed E-state index contributed by atoms with van der Waals surface area (Å²) in [5.41, 5.74) is 1.33. The molecule has 0 bridgehead atoms. The average Bonchev–Trinajstić information content (AvgIpc) is 2.76. The first-order valence-electron chi connectivity index (χ1n) is 13.2. The van der Waals surface area contributed by atoms with E-state index >= 15 is 0 Å². The maximum absolute atomic E-state index is 9.99. The van der Waals surface area contributed by atoms with Crippen molar-refractivity contribution >= 4 is 0 Å². The Hall–Kier alpha value is -0.500. The largest absolute Gasteiger partial charge is 0.394 e. The normalized spacial score (nSPS) is 28.3. The van der Waals surface area contributed by atoms with E-state index < -0.39 is 37.3 Å². The summed E-state index contributed by atoms with van der Waals surface area (Å²) >= 11 is 0. The Morgan fingerprint density at radius 2 is 1.42 bits per heavy atom. The highest BCUT2D eigenvalue weighted by molar-refractivity contribution is 4.97. The van der Waals surface area contributed by atoms with Crippen molar-refractivity contribution in [2.75, 3.05) is 13.2 Å². The van der Waals surface area contributed by atoms with Crippen LogP contribution >= 0.6 is 0 Å². The lowest BCUT2D eigenvalue weighted by Gasteiger charge is -2.39. The number of allylic oxidation sites excluding steroid dienone is 1. The molecule has 3 unspecified atom stereocenters. The van der Waals surface area contributed by atoms with Gasteiger partial charge in [0, 0.05) is 0 Å². The molecule has 196 valence electrons. The molecular weight excluding hydrogens is 420 g/mol. The zero-order valence-corrected chi connectivity index (χ0v) is 21.8. The van der Waals surface area contributed by atoms with Gasteiger partial charge in [-0.3, -0.25) is 0 Å². The second-order valence-corrected chi connectivity index (χ2v) is 10.8. The van der Waals surface area contributed by atoms with Crippen molar-refractivity contribution in [2.45, 2.75) is 130 Å². The summed E-state index contributed by atoms with van der Waals surface area (Å²) in [6.07, 6.45) is 8.42. The summed E-state index contributed by atoms with van der Waals surface area (Å²) in [6.45, 7) is 11.4. The van der Waals surface area contributed by atoms with Crippen LogP contribution in [0.25, 0.3) is 0 Å². The summed E-state index contributed by atoms with van der Waals surface area (Å²) in [7, 11) is 0. The Morgan fingerprint density at radius 1 is 0.848 bits per heavy atom. The van der Waals surface area contributed by atoms with Gasteiger partial charge in [0.1, 0.15) is 24.4 Å². The fourth-order valence-electron chi connectivity index (χ4n) is 4.50. The third-order valence-corrected chi connectivity index (χ3v) is 6.88. The molecule has 0 aromatic rings. The summed E-state index contributed by atoms with van der Waals surface area (Å²) in [4.78, 5) is 0. The Balaban J connectivity index is 2.13. The van der Waals surface area contributed by atoms with Crippen LogP contribution in [0.5, 0.6) is 0 Å². The van der Waals surface area contributed by atoms with Crippen molar-refractivity contribution in [1.82, 2.24) is 0 Å². The van der Waals surface area contributed by atoms with Gasteiger partial charge in [-0.25, -0.2) is 0 Å². The summed E-state index contributed by atoms with van der Waals surface area (Å²) < 4.78 is 10.9. The number of hydrogen-bond donors (Lipinski definition) is 4. The first-order valence-corrected chi connectivity index (χ1v) is 13.2. The Bertz CT molecular complexity index is 521. The van der Waals surface area contributed by atoms with Crippen LogP contribution in [0.1, 0.15) is 98.8 Å². The van der Waals surface area contributed by atoms with E-state index in [4.69, 9.17) is 9.47 Å². The van der Waals surface area contributed by atoms with Crippen molar-refractivity contribution in [3.63, 3.8) is 0 Å². The standard InChI is InChI=1S/C27H52O6/c1-19(2)10-6-11-20(3)12-7-13-21(4)14-8-15-22(5)16-9-17-32-27-26(31)25(30)24(29)23(18-28)33-27/h16,19-21,23-31H,6-15,17-18H2,1-5H3/t20?,21?,23-,24-,25+,26+,27?/m1/s1. The fraction of sp³-hybridized carbons (Fsp3) is 0.926. The van der Waals surface area contributed by atoms with Gasteiger partial charge in [-0.2, -0.15) is 0 Å². The molecule has 1 aliphatic rings. The number of ether oxygens (including phenoxy) is 2. The predicted octanol–water partition coefficient (Wildman–Crippen LogP) is 4.58. The molecule has 7 atom stereocenters. The van der Waals surface area contributed by atoms with E-state index in [1.807, 2.05) is 0 Å². The molecule has 1 heterocycles. The van der Waals surface area contributed by atoms with Crippen LogP contribution in [0.3, 0.4) is 0 Å². The number of aliphatic hydroxyl groups excluding tert-OH is 4. The van der Waals surface area contributed by atoms with Crippen molar-refractivity contribution in [3.8, 4) is 0 Å². The highest BCUT2D eigenvalue weighted by Gasteiger charge is 2.43. The molecule has 0 radical (unpaired) electrons. The van der Waals surface area contributed by atoms with Crippen LogP contribution in [0, 0.1) is 17.8 Å². The lowest BCUT2D eigenvalue weighted by atomic mass is 9.91. The Morgan fingerprint density at radius 3 is 2.00 bits per heavy atom. The number of aliphatic hydroxyl groups is 4. The molecule has 1 aliphatic heterocycles. The van der Waals surface area contributed by atoms with Gasteiger partial charge < -0.3 is 29.9 Å². The average molecular weight is 473 g/mol. The third kappa shape index (κ3) is 12.7. The van der Waals surface area contributed by atoms with Crippen LogP contribution in [-0.4, -0.2) is 64.3 Å². The van der Waals surface area contributed by atoms with E-state index in [2.05, 4.69) is 40.7 Å². The first-order chi connectivity index (χ1) is 15.6. The highest BCUT2D eigenvalue weighted by Crippen LogP contribution is 2.23. The molecular formula is C27H52O6. The number of hydrogen-bond acceptors (Lipinski definition) is 6. The predicted molar refractivity (Wildman–Crippen MR) is 133 cm³/mol. The minimum Gasteiger partial charge on any atom is -0.394 e. The van der Waals surface area contributed by atoms with Crippen LogP contribution in [0.2, 0.25) is 0 Å². The fourth-order valence-corrected chi connectivity index (χ4v) is 4.50. The SMILES string of the molecule is CC(=CCCOC1O[C@H](CO)[C@@H](O)[C@H](O)[C@@H]1O)CCCC(C)CCCC(C)CCCC(C)C.